The van der Waals surface area contributed by atoms with Gasteiger partial charge < -0.3 is 14.8 Å². The summed E-state index contributed by atoms with van der Waals surface area (Å²) in [4.78, 5) is 29.5. The number of halogens is 3. The van der Waals surface area contributed by atoms with Gasteiger partial charge in [-0.2, -0.15) is 13.2 Å². The molecule has 1 aromatic heterocycles. The first-order valence-electron chi connectivity index (χ1n) is 8.18. The molecule has 0 aliphatic carbocycles. The molecule has 1 fully saturated rings. The van der Waals surface area contributed by atoms with Gasteiger partial charge in [0.2, 0.25) is 0 Å². The van der Waals surface area contributed by atoms with E-state index in [0.29, 0.717) is 17.9 Å². The van der Waals surface area contributed by atoms with E-state index in [2.05, 4.69) is 15.0 Å². The zero-order chi connectivity index (χ0) is 20.6. The molecule has 1 aromatic rings. The van der Waals surface area contributed by atoms with Crippen LogP contribution in [0.1, 0.15) is 48.1 Å². The zero-order valence-electron chi connectivity index (χ0n) is 15.7. The van der Waals surface area contributed by atoms with Gasteiger partial charge in [-0.05, 0) is 27.7 Å². The molecule has 1 amide bonds. The smallest absolute Gasteiger partial charge is 0.443 e. The molecule has 1 unspecified atom stereocenters. The lowest BCUT2D eigenvalue weighted by Crippen LogP contribution is -2.60. The topological polar surface area (TPSA) is 80.8 Å². The largest absolute Gasteiger partial charge is 0.464 e. The lowest BCUT2D eigenvalue weighted by molar-refractivity contribution is -0.137. The monoisotopic (exact) mass is 409 g/mol. The number of amides is 1. The molecule has 7 nitrogen and oxygen atoms in total. The van der Waals surface area contributed by atoms with Crippen molar-refractivity contribution in [3.63, 3.8) is 0 Å². The van der Waals surface area contributed by atoms with Crippen LogP contribution in [-0.4, -0.2) is 54.3 Å². The maximum Gasteiger partial charge on any atom is 0.443 e. The van der Waals surface area contributed by atoms with Gasteiger partial charge in [0.1, 0.15) is 5.60 Å². The Morgan fingerprint density at radius 2 is 1.93 bits per heavy atom. The molecule has 0 radical (unpaired) electrons. The number of carbonyl (C=O) groups excluding carboxylic acids is 2. The third-order valence-corrected chi connectivity index (χ3v) is 5.28. The number of alkyl halides is 3. The van der Waals surface area contributed by atoms with Crippen LogP contribution in [0.3, 0.4) is 0 Å². The van der Waals surface area contributed by atoms with Gasteiger partial charge >= 0.3 is 18.2 Å². The second kappa shape index (κ2) is 7.27. The van der Waals surface area contributed by atoms with Crippen LogP contribution >= 0.6 is 11.3 Å². The molecular formula is C16H22F3N3O4S. The normalized spacial score (nSPS) is 21.1. The Morgan fingerprint density at radius 1 is 1.30 bits per heavy atom. The highest BCUT2D eigenvalue weighted by Crippen LogP contribution is 2.42. The number of esters is 1. The van der Waals surface area contributed by atoms with E-state index >= 15 is 0 Å². The Bertz CT molecular complexity index is 729. The van der Waals surface area contributed by atoms with Crippen molar-refractivity contribution in [2.24, 2.45) is 0 Å². The lowest BCUT2D eigenvalue weighted by atomic mass is 9.94. The number of nitrogens with zero attached hydrogens (tertiary/aromatic N) is 2. The molecular weight excluding hydrogens is 387 g/mol. The predicted octanol–water partition coefficient (Wildman–Crippen LogP) is 3.00. The first-order chi connectivity index (χ1) is 12.3. The van der Waals surface area contributed by atoms with Crippen molar-refractivity contribution < 1.29 is 32.2 Å². The molecule has 0 aromatic carbocycles. The minimum Gasteiger partial charge on any atom is -0.464 e. The summed E-state index contributed by atoms with van der Waals surface area (Å²) in [5, 5.41) is 1.88. The molecule has 0 spiro atoms. The van der Waals surface area contributed by atoms with Crippen LogP contribution in [-0.2, 0) is 21.2 Å². The van der Waals surface area contributed by atoms with Crippen molar-refractivity contribution in [2.75, 3.05) is 26.7 Å². The van der Waals surface area contributed by atoms with Crippen molar-refractivity contribution in [3.8, 4) is 0 Å². The fourth-order valence-electron chi connectivity index (χ4n) is 2.72. The number of nitrogens with one attached hydrogen (secondary N) is 1. The average Bonchev–Trinajstić information content (AvgIpc) is 2.99. The van der Waals surface area contributed by atoms with Crippen molar-refractivity contribution >= 4 is 23.4 Å². The summed E-state index contributed by atoms with van der Waals surface area (Å²) in [5.74, 6) is -0.993. The van der Waals surface area contributed by atoms with E-state index < -0.39 is 40.1 Å². The van der Waals surface area contributed by atoms with Crippen molar-refractivity contribution in [2.45, 2.75) is 45.0 Å². The lowest BCUT2D eigenvalue weighted by Gasteiger charge is -2.44. The first-order valence-corrected chi connectivity index (χ1v) is 8.99. The number of ether oxygens (including phenoxy) is 2. The molecule has 0 saturated carbocycles. The quantitative estimate of drug-likeness (QED) is 0.757. The van der Waals surface area contributed by atoms with Gasteiger partial charge in [0.05, 0.1) is 17.5 Å². The Balaban J connectivity index is 2.55. The van der Waals surface area contributed by atoms with Crippen LogP contribution < -0.4 is 5.32 Å². The van der Waals surface area contributed by atoms with Crippen LogP contribution in [0, 0.1) is 0 Å². The average molecular weight is 409 g/mol. The van der Waals surface area contributed by atoms with Gasteiger partial charge in [0.15, 0.2) is 10.7 Å². The number of hydrogen-bond acceptors (Lipinski definition) is 7. The molecule has 1 aliphatic rings. The van der Waals surface area contributed by atoms with Crippen molar-refractivity contribution in [1.29, 1.82) is 0 Å². The van der Waals surface area contributed by atoms with E-state index in [4.69, 9.17) is 4.74 Å². The molecule has 11 heteroatoms. The predicted molar refractivity (Wildman–Crippen MR) is 91.6 cm³/mol. The fourth-order valence-corrected chi connectivity index (χ4v) is 3.79. The molecule has 1 aliphatic heterocycles. The van der Waals surface area contributed by atoms with Gasteiger partial charge in [0, 0.05) is 19.6 Å². The fraction of sp³-hybridized carbons (Fsp3) is 0.688. The molecule has 2 heterocycles. The van der Waals surface area contributed by atoms with E-state index in [1.807, 2.05) is 0 Å². The van der Waals surface area contributed by atoms with Gasteiger partial charge in [-0.25, -0.2) is 14.6 Å². The Labute approximate surface area is 158 Å². The molecule has 1 atom stereocenters. The Kier molecular flexibility index (Phi) is 5.77. The standard InChI is InChI=1S/C16H22F3N3O4S/c1-14(2,3)26-13(24)22-7-6-20-8-15(22,4)10-9(11(23)25-5)21-12(27-10)16(17,18)19/h20H,6-8H2,1-5H3. The summed E-state index contributed by atoms with van der Waals surface area (Å²) in [6.45, 7) is 7.42. The minimum atomic E-state index is -4.72. The van der Waals surface area contributed by atoms with Crippen LogP contribution in [0.15, 0.2) is 0 Å². The summed E-state index contributed by atoms with van der Waals surface area (Å²) in [6, 6.07) is 0. The number of methoxy groups -OCH3 is 1. The second-order valence-corrected chi connectivity index (χ2v) is 8.27. The van der Waals surface area contributed by atoms with E-state index in [-0.39, 0.29) is 18.0 Å². The van der Waals surface area contributed by atoms with Gasteiger partial charge in [0.25, 0.3) is 0 Å². The van der Waals surface area contributed by atoms with Crippen molar-refractivity contribution in [3.05, 3.63) is 15.6 Å². The molecule has 152 valence electrons. The summed E-state index contributed by atoms with van der Waals surface area (Å²) in [5.41, 5.74) is -2.49. The molecule has 0 bridgehead atoms. The van der Waals surface area contributed by atoms with Crippen LogP contribution in [0.25, 0.3) is 0 Å². The third kappa shape index (κ3) is 4.52. The number of aromatic nitrogens is 1. The maximum atomic E-state index is 13.2. The Hall–Kier alpha value is -1.88. The SMILES string of the molecule is COC(=O)c1nc(C(F)(F)F)sc1C1(C)CNCCN1C(=O)OC(C)(C)C. The summed E-state index contributed by atoms with van der Waals surface area (Å²) in [6.07, 6.45) is -5.40. The number of rotatable bonds is 2. The Morgan fingerprint density at radius 3 is 2.44 bits per heavy atom. The third-order valence-electron chi connectivity index (χ3n) is 3.93. The van der Waals surface area contributed by atoms with Crippen molar-refractivity contribution in [1.82, 2.24) is 15.2 Å². The minimum absolute atomic E-state index is 0.000246. The molecule has 1 saturated heterocycles. The summed E-state index contributed by atoms with van der Waals surface area (Å²) >= 11 is 0.328. The highest BCUT2D eigenvalue weighted by Gasteiger charge is 2.47. The van der Waals surface area contributed by atoms with Gasteiger partial charge in [-0.15, -0.1) is 11.3 Å². The highest BCUT2D eigenvalue weighted by molar-refractivity contribution is 7.12. The molecule has 27 heavy (non-hydrogen) atoms. The van der Waals surface area contributed by atoms with Gasteiger partial charge in [-0.1, -0.05) is 0 Å². The van der Waals surface area contributed by atoms with E-state index in [1.54, 1.807) is 27.7 Å². The number of hydrogen-bond donors (Lipinski definition) is 1. The zero-order valence-corrected chi connectivity index (χ0v) is 16.5. The second-order valence-electron chi connectivity index (χ2n) is 7.27. The summed E-state index contributed by atoms with van der Waals surface area (Å²) in [7, 11) is 1.06. The van der Waals surface area contributed by atoms with Gasteiger partial charge in [-0.3, -0.25) is 4.90 Å². The number of piperazine rings is 1. The highest BCUT2D eigenvalue weighted by atomic mass is 32.1. The molecule has 2 rings (SSSR count). The first kappa shape index (κ1) is 21.4. The van der Waals surface area contributed by atoms with E-state index in [0.717, 1.165) is 7.11 Å². The maximum absolute atomic E-state index is 13.2. The summed E-state index contributed by atoms with van der Waals surface area (Å²) < 4.78 is 49.6. The van der Waals surface area contributed by atoms with E-state index in [9.17, 15) is 22.8 Å². The number of carbonyl (C=O) groups is 2. The van der Waals surface area contributed by atoms with Crippen LogP contribution in [0.4, 0.5) is 18.0 Å². The van der Waals surface area contributed by atoms with Crippen LogP contribution in [0.2, 0.25) is 0 Å². The van der Waals surface area contributed by atoms with E-state index in [1.165, 1.54) is 4.90 Å². The molecule has 1 N–H and O–H groups in total. The van der Waals surface area contributed by atoms with Crippen LogP contribution in [0.5, 0.6) is 0 Å². The number of thiazole rings is 1.